The monoisotopic (exact) mass is 139 g/mol. The Bertz CT molecular complexity index is 201. The van der Waals surface area contributed by atoms with E-state index in [1.54, 1.807) is 13.0 Å². The average Bonchev–Trinajstić information content (AvgIpc) is 2.05. The molecule has 0 bridgehead atoms. The van der Waals surface area contributed by atoms with E-state index >= 15 is 0 Å². The molecule has 0 aromatic rings. The number of amides is 1. The van der Waals surface area contributed by atoms with Crippen molar-refractivity contribution in [2.45, 2.75) is 0 Å². The summed E-state index contributed by atoms with van der Waals surface area (Å²) in [5.41, 5.74) is 1.93. The van der Waals surface area contributed by atoms with Crippen molar-refractivity contribution in [3.05, 3.63) is 11.8 Å². The number of allylic oxidation sites excluding steroid dienone is 1. The molecule has 0 radical (unpaired) electrons. The Morgan fingerprint density at radius 2 is 2.70 bits per heavy atom. The second-order valence-electron chi connectivity index (χ2n) is 1.58. The van der Waals surface area contributed by atoms with Gasteiger partial charge in [0.2, 0.25) is 0 Å². The number of hydrogen-bond donors (Lipinski definition) is 3. The minimum atomic E-state index is -0.461. The van der Waals surface area contributed by atoms with E-state index in [0.29, 0.717) is 0 Å². The molecule has 1 amide bonds. The Morgan fingerprint density at radius 1 is 1.90 bits per heavy atom. The molecule has 4 N–H and O–H groups in total. The minimum absolute atomic E-state index is 0.144. The zero-order valence-electron chi connectivity index (χ0n) is 5.13. The van der Waals surface area contributed by atoms with Crippen molar-refractivity contribution >= 4 is 18.9 Å². The first-order valence-corrected chi connectivity index (χ1v) is 2.65. The quantitative estimate of drug-likeness (QED) is 0.167. The van der Waals surface area contributed by atoms with Crippen molar-refractivity contribution in [1.82, 2.24) is 10.8 Å². The summed E-state index contributed by atoms with van der Waals surface area (Å²) in [6.45, 7) is 0. The van der Waals surface area contributed by atoms with Crippen LogP contribution in [0.3, 0.4) is 0 Å². The van der Waals surface area contributed by atoms with Crippen LogP contribution in [0.2, 0.25) is 0 Å². The molecule has 0 atom stereocenters. The number of rotatable bonds is 1. The van der Waals surface area contributed by atoms with Crippen LogP contribution in [0.5, 0.6) is 0 Å². The summed E-state index contributed by atoms with van der Waals surface area (Å²) in [5, 5.41) is 2.38. The molecule has 52 valence electrons. The first kappa shape index (κ1) is 6.82. The summed E-state index contributed by atoms with van der Waals surface area (Å²) < 4.78 is 0. The Morgan fingerprint density at radius 3 is 3.20 bits per heavy atom. The van der Waals surface area contributed by atoms with Gasteiger partial charge in [-0.25, -0.2) is 0 Å². The van der Waals surface area contributed by atoms with E-state index in [0.717, 1.165) is 0 Å². The van der Waals surface area contributed by atoms with Crippen LogP contribution in [0, 0.1) is 0 Å². The number of nitrogens with one attached hydrogen (secondary N) is 2. The van der Waals surface area contributed by atoms with Gasteiger partial charge in [-0.05, 0) is 0 Å². The van der Waals surface area contributed by atoms with Crippen molar-refractivity contribution in [3.8, 4) is 0 Å². The van der Waals surface area contributed by atoms with Crippen molar-refractivity contribution in [1.29, 1.82) is 0 Å². The molecule has 10 heavy (non-hydrogen) atoms. The first-order chi connectivity index (χ1) is 4.84. The second-order valence-corrected chi connectivity index (χ2v) is 1.58. The maximum atomic E-state index is 10.7. The molecule has 1 aliphatic heterocycles. The van der Waals surface area contributed by atoms with Crippen LogP contribution in [0.15, 0.2) is 11.8 Å². The Balaban J connectivity index is 2.62. The van der Waals surface area contributed by atoms with Gasteiger partial charge >= 0.3 is 57.1 Å². The molecule has 0 unspecified atom stereocenters. The SMILES string of the molecule is NNC(=O)C1=CC=BNO1. The molecule has 1 heterocycles. The fourth-order valence-electron chi connectivity index (χ4n) is 0.499. The standard InChI is InChI=1S/C4H6BN3O2/c6-7-4(9)3-1-2-5-8-10-3/h1-2,8H,6H2,(H,7,9). The Labute approximate surface area is 58.1 Å². The number of hydrogen-bond acceptors (Lipinski definition) is 4. The van der Waals surface area contributed by atoms with Crippen molar-refractivity contribution in [2.24, 2.45) is 5.84 Å². The van der Waals surface area contributed by atoms with Gasteiger partial charge in [0, 0.05) is 0 Å². The van der Waals surface area contributed by atoms with Crippen LogP contribution in [0.4, 0.5) is 0 Å². The van der Waals surface area contributed by atoms with E-state index in [9.17, 15) is 4.79 Å². The summed E-state index contributed by atoms with van der Waals surface area (Å²) in [6.07, 6.45) is 1.50. The van der Waals surface area contributed by atoms with Crippen molar-refractivity contribution in [3.63, 3.8) is 0 Å². The number of carbonyl (C=O) groups is 1. The van der Waals surface area contributed by atoms with Crippen molar-refractivity contribution < 1.29 is 9.63 Å². The average molecular weight is 139 g/mol. The van der Waals surface area contributed by atoms with Crippen LogP contribution in [-0.2, 0) is 9.63 Å². The fourth-order valence-corrected chi connectivity index (χ4v) is 0.499. The molecule has 0 saturated heterocycles. The van der Waals surface area contributed by atoms with Gasteiger partial charge in [0.15, 0.2) is 0 Å². The molecule has 0 aromatic carbocycles. The molecular weight excluding hydrogens is 133 g/mol. The second kappa shape index (κ2) is 3.02. The Hall–Kier alpha value is -1.30. The van der Waals surface area contributed by atoms with Crippen LogP contribution < -0.4 is 16.7 Å². The third-order valence-electron chi connectivity index (χ3n) is 0.936. The molecule has 0 aliphatic carbocycles. The molecular formula is C4H6BN3O2. The van der Waals surface area contributed by atoms with E-state index in [2.05, 4.69) is 10.2 Å². The van der Waals surface area contributed by atoms with Crippen LogP contribution in [0.25, 0.3) is 0 Å². The normalized spacial score (nSPS) is 13.9. The number of nitrogens with two attached hydrogens (primary N) is 1. The maximum absolute atomic E-state index is 10.7. The predicted molar refractivity (Wildman–Crippen MR) is 36.5 cm³/mol. The zero-order valence-corrected chi connectivity index (χ0v) is 5.13. The van der Waals surface area contributed by atoms with Gasteiger partial charge in [0.05, 0.1) is 0 Å². The molecule has 6 heteroatoms. The van der Waals surface area contributed by atoms with E-state index in [1.165, 1.54) is 6.08 Å². The van der Waals surface area contributed by atoms with Gasteiger partial charge in [-0.1, -0.05) is 0 Å². The molecule has 0 fully saturated rings. The number of hydrazine groups is 1. The van der Waals surface area contributed by atoms with Gasteiger partial charge in [-0.15, -0.1) is 0 Å². The summed E-state index contributed by atoms with van der Waals surface area (Å²) in [5.74, 6) is 6.15. The number of carbonyl (C=O) groups excluding carboxylic acids is 1. The van der Waals surface area contributed by atoms with Gasteiger partial charge in [0.1, 0.15) is 0 Å². The molecule has 0 saturated carbocycles. The first-order valence-electron chi connectivity index (χ1n) is 2.65. The van der Waals surface area contributed by atoms with E-state index < -0.39 is 5.91 Å². The van der Waals surface area contributed by atoms with E-state index in [4.69, 9.17) is 5.84 Å². The van der Waals surface area contributed by atoms with Crippen molar-refractivity contribution in [2.75, 3.05) is 0 Å². The topological polar surface area (TPSA) is 76.4 Å². The van der Waals surface area contributed by atoms with Crippen LogP contribution >= 0.6 is 0 Å². The molecule has 5 nitrogen and oxygen atoms in total. The third kappa shape index (κ3) is 1.35. The molecule has 1 rings (SSSR count). The zero-order chi connectivity index (χ0) is 7.40. The summed E-state index contributed by atoms with van der Waals surface area (Å²) >= 11 is 0. The predicted octanol–water partition coefficient (Wildman–Crippen LogP) is -2.18. The molecule has 0 spiro atoms. The third-order valence-corrected chi connectivity index (χ3v) is 0.936. The molecule has 0 aromatic heterocycles. The summed E-state index contributed by atoms with van der Waals surface area (Å²) in [4.78, 5) is 15.3. The van der Waals surface area contributed by atoms with Gasteiger partial charge in [-0.3, -0.25) is 0 Å². The van der Waals surface area contributed by atoms with Gasteiger partial charge < -0.3 is 0 Å². The van der Waals surface area contributed by atoms with E-state index in [1.807, 2.05) is 5.43 Å². The molecule has 1 aliphatic rings. The van der Waals surface area contributed by atoms with Gasteiger partial charge in [0.25, 0.3) is 0 Å². The van der Waals surface area contributed by atoms with Gasteiger partial charge in [-0.2, -0.15) is 0 Å². The summed E-state index contributed by atoms with van der Waals surface area (Å²) in [6, 6.07) is 0. The van der Waals surface area contributed by atoms with Crippen LogP contribution in [-0.4, -0.2) is 18.9 Å². The van der Waals surface area contributed by atoms with Crippen LogP contribution in [0.1, 0.15) is 0 Å². The van der Waals surface area contributed by atoms with E-state index in [-0.39, 0.29) is 5.76 Å². The summed E-state index contributed by atoms with van der Waals surface area (Å²) in [7, 11) is 1.55. The Kier molecular flexibility index (Phi) is 2.06. The fraction of sp³-hybridized carbons (Fsp3) is 0.